The summed E-state index contributed by atoms with van der Waals surface area (Å²) in [6, 6.07) is 0. The Balaban J connectivity index is -0.000000336. The zero-order valence-corrected chi connectivity index (χ0v) is 16.6. The van der Waals surface area contributed by atoms with Gasteiger partial charge < -0.3 is 0 Å². The Morgan fingerprint density at radius 3 is 1.19 bits per heavy atom. The molecule has 0 spiro atoms. The third-order valence-electron chi connectivity index (χ3n) is 1.17. The molecule has 1 aromatic rings. The van der Waals surface area contributed by atoms with Crippen LogP contribution in [0.2, 0.25) is 0 Å². The zero-order chi connectivity index (χ0) is 22.0. The Morgan fingerprint density at radius 2 is 1.04 bits per heavy atom. The third-order valence-corrected chi connectivity index (χ3v) is 1.17. The van der Waals surface area contributed by atoms with Gasteiger partial charge in [-0.1, -0.05) is 0 Å². The van der Waals surface area contributed by atoms with Crippen molar-refractivity contribution in [3.05, 3.63) is 38.9 Å². The van der Waals surface area contributed by atoms with Crippen molar-refractivity contribution < 1.29 is 79.7 Å². The SMILES string of the molecule is F[P-](F)(F)(F)(F)F.F[P-](F)(F)(F)(F)F.O=[N+]([O-])C(n1ccnc1)[N+](=O)[O-].[Zn+2]. The average Bonchev–Trinajstić information content (AvgIpc) is 2.57. The van der Waals surface area contributed by atoms with E-state index in [0.29, 0.717) is 0 Å². The van der Waals surface area contributed by atoms with E-state index < -0.39 is 31.8 Å². The van der Waals surface area contributed by atoms with Gasteiger partial charge in [0.2, 0.25) is 0 Å². The molecule has 0 amide bonds. The van der Waals surface area contributed by atoms with Gasteiger partial charge in [0.25, 0.3) is 0 Å². The van der Waals surface area contributed by atoms with Crippen molar-refractivity contribution in [3.8, 4) is 0 Å². The molecule has 23 heteroatoms. The smallest absolute Gasteiger partial charge is 0.257 e. The molecule has 0 saturated heterocycles. The largest absolute Gasteiger partial charge is 2.00 e. The van der Waals surface area contributed by atoms with Crippen LogP contribution in [0.1, 0.15) is 6.29 Å². The first-order valence-electron chi connectivity index (χ1n) is 4.90. The second-order valence-corrected chi connectivity index (χ2v) is 7.68. The molecular weight excluding hydrogens is 523 g/mol. The van der Waals surface area contributed by atoms with Gasteiger partial charge >= 0.3 is 91.7 Å². The normalized spacial score (nSPS) is 16.5. The molecule has 0 atom stereocenters. The molecule has 1 rings (SSSR count). The minimum atomic E-state index is -10.7. The Bertz CT molecular complexity index is 590. The predicted molar refractivity (Wildman–Crippen MR) is 62.4 cm³/mol. The zero-order valence-electron chi connectivity index (χ0n) is 11.9. The molecule has 8 nitrogen and oxygen atoms in total. The van der Waals surface area contributed by atoms with Gasteiger partial charge in [-0.05, 0) is 0 Å². The minimum absolute atomic E-state index is 0. The number of halogens is 12. The molecule has 160 valence electrons. The molecule has 1 heterocycles. The van der Waals surface area contributed by atoms with E-state index in [-0.39, 0.29) is 19.5 Å². The average molecular weight is 527 g/mol. The Labute approximate surface area is 151 Å². The summed E-state index contributed by atoms with van der Waals surface area (Å²) in [6.45, 7) is 0. The molecular formula is C4H4F12N4O4P2Zn. The maximum Gasteiger partial charge on any atom is 2.00 e. The molecule has 0 unspecified atom stereocenters. The van der Waals surface area contributed by atoms with E-state index in [0.717, 1.165) is 17.1 Å². The van der Waals surface area contributed by atoms with Crippen molar-refractivity contribution in [2.24, 2.45) is 0 Å². The summed E-state index contributed by atoms with van der Waals surface area (Å²) in [4.78, 5) is 21.8. The van der Waals surface area contributed by atoms with Crippen LogP contribution in [0.15, 0.2) is 18.7 Å². The monoisotopic (exact) mass is 526 g/mol. The van der Waals surface area contributed by atoms with Gasteiger partial charge in [0.1, 0.15) is 16.2 Å². The molecule has 0 fully saturated rings. The summed E-state index contributed by atoms with van der Waals surface area (Å²) in [5.74, 6) is 0. The number of hydrogen-bond donors (Lipinski definition) is 0. The third kappa shape index (κ3) is 40.6. The van der Waals surface area contributed by atoms with E-state index in [2.05, 4.69) is 4.98 Å². The van der Waals surface area contributed by atoms with Crippen molar-refractivity contribution in [1.82, 2.24) is 9.55 Å². The number of nitro groups is 2. The Hall–Kier alpha value is -1.35. The van der Waals surface area contributed by atoms with Crippen molar-refractivity contribution >= 4 is 15.6 Å². The van der Waals surface area contributed by atoms with E-state index in [9.17, 15) is 70.6 Å². The fraction of sp³-hybridized carbons (Fsp3) is 0.250. The van der Waals surface area contributed by atoms with E-state index >= 15 is 0 Å². The number of nitrogens with zero attached hydrogens (tertiary/aromatic N) is 4. The molecule has 0 N–H and O–H groups in total. The van der Waals surface area contributed by atoms with Gasteiger partial charge in [-0.15, -0.1) is 0 Å². The number of hydrogen-bond acceptors (Lipinski definition) is 5. The van der Waals surface area contributed by atoms with Crippen molar-refractivity contribution in [1.29, 1.82) is 0 Å². The van der Waals surface area contributed by atoms with Crippen LogP contribution in [0.25, 0.3) is 0 Å². The van der Waals surface area contributed by atoms with Crippen LogP contribution in [-0.2, 0) is 19.5 Å². The second-order valence-electron chi connectivity index (χ2n) is 3.84. The van der Waals surface area contributed by atoms with Crippen LogP contribution < -0.4 is 0 Å². The summed E-state index contributed by atoms with van der Waals surface area (Å²) >= 11 is 0. The minimum Gasteiger partial charge on any atom is -0.257 e. The van der Waals surface area contributed by atoms with Gasteiger partial charge in [-0.25, -0.2) is 9.55 Å². The molecule has 0 radical (unpaired) electrons. The van der Waals surface area contributed by atoms with E-state index in [4.69, 9.17) is 0 Å². The predicted octanol–water partition coefficient (Wildman–Crippen LogP) is 6.65. The van der Waals surface area contributed by atoms with Gasteiger partial charge in [-0.2, -0.15) is 0 Å². The topological polar surface area (TPSA) is 104 Å². The fourth-order valence-corrected chi connectivity index (χ4v) is 0.701. The summed E-state index contributed by atoms with van der Waals surface area (Å²) in [5.41, 5.74) is 0. The number of aromatic nitrogens is 2. The summed E-state index contributed by atoms with van der Waals surface area (Å²) in [5, 5.41) is 20.3. The number of imidazole rings is 1. The van der Waals surface area contributed by atoms with Crippen molar-refractivity contribution in [2.45, 2.75) is 6.29 Å². The molecule has 0 saturated carbocycles. The summed E-state index contributed by atoms with van der Waals surface area (Å²) in [7, 11) is -21.3. The van der Waals surface area contributed by atoms with Crippen LogP contribution in [0, 0.1) is 20.2 Å². The van der Waals surface area contributed by atoms with Gasteiger partial charge in [-0.3, -0.25) is 20.2 Å². The molecule has 0 aliphatic rings. The first-order valence-corrected chi connectivity index (χ1v) is 8.96. The summed E-state index contributed by atoms with van der Waals surface area (Å²) in [6.07, 6.45) is 1.44. The standard InChI is InChI=1S/C4H4N4O4.2F6P.Zn/c9-7(10)4(8(11)12)6-2-1-5-3-6;2*1-7(2,3,4,5)6;/h1-4H;;;/q;2*-1;+2. The molecule has 0 aliphatic heterocycles. The maximum atomic E-state index is 10.2. The number of rotatable bonds is 3. The maximum absolute atomic E-state index is 10.7. The molecule has 0 aromatic carbocycles. The van der Waals surface area contributed by atoms with Gasteiger partial charge in [0.05, 0.1) is 0 Å². The van der Waals surface area contributed by atoms with Gasteiger partial charge in [0.15, 0.2) is 0 Å². The first kappa shape index (κ1) is 30.4. The van der Waals surface area contributed by atoms with E-state index in [1.54, 1.807) is 0 Å². The van der Waals surface area contributed by atoms with E-state index in [1.165, 1.54) is 6.20 Å². The second kappa shape index (κ2) is 6.92. The van der Waals surface area contributed by atoms with Crippen LogP contribution >= 0.6 is 15.6 Å². The Kier molecular flexibility index (Phi) is 7.78. The van der Waals surface area contributed by atoms with E-state index in [1.807, 2.05) is 0 Å². The molecule has 0 aliphatic carbocycles. The van der Waals surface area contributed by atoms with Crippen molar-refractivity contribution in [2.75, 3.05) is 0 Å². The summed E-state index contributed by atoms with van der Waals surface area (Å²) < 4.78 is 119. The van der Waals surface area contributed by atoms with Crippen molar-refractivity contribution in [3.63, 3.8) is 0 Å². The molecule has 27 heavy (non-hydrogen) atoms. The molecule has 0 bridgehead atoms. The van der Waals surface area contributed by atoms with Crippen LogP contribution in [0.3, 0.4) is 0 Å². The van der Waals surface area contributed by atoms with Crippen LogP contribution in [0.4, 0.5) is 50.4 Å². The first-order chi connectivity index (χ1) is 10.5. The fourth-order valence-electron chi connectivity index (χ4n) is 0.701. The van der Waals surface area contributed by atoms with Crippen LogP contribution in [-0.4, -0.2) is 19.4 Å². The quantitative estimate of drug-likeness (QED) is 0.109. The molecule has 1 aromatic heterocycles. The Morgan fingerprint density at radius 1 is 0.778 bits per heavy atom. The van der Waals surface area contributed by atoms with Crippen LogP contribution in [0.5, 0.6) is 0 Å². The van der Waals surface area contributed by atoms with Gasteiger partial charge in [0, 0.05) is 12.4 Å².